The van der Waals surface area contributed by atoms with Gasteiger partial charge in [0.15, 0.2) is 0 Å². The van der Waals surface area contributed by atoms with Gasteiger partial charge in [-0.3, -0.25) is 0 Å². The Morgan fingerprint density at radius 2 is 2.05 bits per heavy atom. The van der Waals surface area contributed by atoms with E-state index in [1.807, 2.05) is 41.8 Å². The van der Waals surface area contributed by atoms with Crippen molar-refractivity contribution in [3.05, 3.63) is 56.7 Å². The van der Waals surface area contributed by atoms with Gasteiger partial charge in [0.05, 0.1) is 13.2 Å². The molecule has 4 nitrogen and oxygen atoms in total. The summed E-state index contributed by atoms with van der Waals surface area (Å²) in [6, 6.07) is 11.6. The zero-order valence-corrected chi connectivity index (χ0v) is 14.7. The van der Waals surface area contributed by atoms with Crippen LogP contribution in [-0.2, 0) is 22.6 Å². The van der Waals surface area contributed by atoms with Gasteiger partial charge in [-0.15, -0.1) is 11.3 Å². The fourth-order valence-electron chi connectivity index (χ4n) is 1.86. The predicted molar refractivity (Wildman–Crippen MR) is 90.9 cm³/mol. The number of carbonyl (C=O) groups is 1. The second-order valence-electron chi connectivity index (χ2n) is 4.65. The molecule has 22 heavy (non-hydrogen) atoms. The molecule has 0 saturated carbocycles. The van der Waals surface area contributed by atoms with Gasteiger partial charge >= 0.3 is 6.09 Å². The first kappa shape index (κ1) is 17.0. The van der Waals surface area contributed by atoms with Crippen molar-refractivity contribution >= 4 is 33.4 Å². The minimum absolute atomic E-state index is 0.273. The standard InChI is InChI=1S/C16H18BrNO3S/c1-20-9-8-18(11-15-14(17)7-10-22-15)16(19)21-12-13-5-3-2-4-6-13/h2-7,10H,8-9,11-12H2,1H3. The average Bonchev–Trinajstić information content (AvgIpc) is 2.95. The van der Waals surface area contributed by atoms with Gasteiger partial charge in [-0.05, 0) is 32.9 Å². The van der Waals surface area contributed by atoms with Crippen LogP contribution in [0.1, 0.15) is 10.4 Å². The zero-order valence-electron chi connectivity index (χ0n) is 12.3. The lowest BCUT2D eigenvalue weighted by molar-refractivity contribution is 0.0800. The summed E-state index contributed by atoms with van der Waals surface area (Å²) in [7, 11) is 1.62. The first-order valence-corrected chi connectivity index (χ1v) is 8.54. The van der Waals surface area contributed by atoms with Gasteiger partial charge in [0.1, 0.15) is 6.61 Å². The minimum Gasteiger partial charge on any atom is -0.445 e. The molecule has 0 aliphatic heterocycles. The van der Waals surface area contributed by atoms with Crippen molar-refractivity contribution in [2.45, 2.75) is 13.2 Å². The summed E-state index contributed by atoms with van der Waals surface area (Å²) >= 11 is 5.09. The third kappa shape index (κ3) is 5.12. The van der Waals surface area contributed by atoms with E-state index in [-0.39, 0.29) is 12.7 Å². The number of carbonyl (C=O) groups excluding carboxylic acids is 1. The molecule has 0 unspecified atom stereocenters. The Balaban J connectivity index is 1.95. The number of thiophene rings is 1. The number of hydrogen-bond acceptors (Lipinski definition) is 4. The lowest BCUT2D eigenvalue weighted by Crippen LogP contribution is -2.33. The number of amides is 1. The van der Waals surface area contributed by atoms with Gasteiger partial charge < -0.3 is 14.4 Å². The van der Waals surface area contributed by atoms with Crippen LogP contribution in [0.2, 0.25) is 0 Å². The van der Waals surface area contributed by atoms with Gasteiger partial charge in [0.25, 0.3) is 0 Å². The largest absolute Gasteiger partial charge is 0.445 e. The van der Waals surface area contributed by atoms with Crippen LogP contribution in [0.4, 0.5) is 4.79 Å². The second kappa shape index (κ2) is 8.92. The van der Waals surface area contributed by atoms with Crippen molar-refractivity contribution in [2.75, 3.05) is 20.3 Å². The minimum atomic E-state index is -0.332. The van der Waals surface area contributed by atoms with Gasteiger partial charge in [0, 0.05) is 23.0 Å². The van der Waals surface area contributed by atoms with E-state index < -0.39 is 0 Å². The lowest BCUT2D eigenvalue weighted by atomic mass is 10.2. The highest BCUT2D eigenvalue weighted by Crippen LogP contribution is 2.24. The topological polar surface area (TPSA) is 38.8 Å². The van der Waals surface area contributed by atoms with E-state index in [1.165, 1.54) is 0 Å². The van der Waals surface area contributed by atoms with Crippen molar-refractivity contribution in [3.8, 4) is 0 Å². The molecular formula is C16H18BrNO3S. The second-order valence-corrected chi connectivity index (χ2v) is 6.50. The van der Waals surface area contributed by atoms with Crippen LogP contribution in [0.5, 0.6) is 0 Å². The first-order valence-electron chi connectivity index (χ1n) is 6.87. The highest BCUT2D eigenvalue weighted by atomic mass is 79.9. The molecule has 1 aromatic heterocycles. The first-order chi connectivity index (χ1) is 10.7. The van der Waals surface area contributed by atoms with Crippen molar-refractivity contribution < 1.29 is 14.3 Å². The molecule has 6 heteroatoms. The van der Waals surface area contributed by atoms with Gasteiger partial charge in [-0.1, -0.05) is 30.3 Å². The molecular weight excluding hydrogens is 366 g/mol. The molecule has 0 fully saturated rings. The summed E-state index contributed by atoms with van der Waals surface area (Å²) in [5.74, 6) is 0. The molecule has 2 aromatic rings. The number of ether oxygens (including phenoxy) is 2. The molecule has 0 bridgehead atoms. The summed E-state index contributed by atoms with van der Waals surface area (Å²) in [6.45, 7) is 1.75. The van der Waals surface area contributed by atoms with E-state index in [0.717, 1.165) is 14.9 Å². The molecule has 0 saturated heterocycles. The Kier molecular flexibility index (Phi) is 6.89. The maximum Gasteiger partial charge on any atom is 0.410 e. The number of methoxy groups -OCH3 is 1. The molecule has 1 aromatic carbocycles. The molecule has 0 atom stereocenters. The maximum atomic E-state index is 12.3. The van der Waals surface area contributed by atoms with E-state index in [0.29, 0.717) is 19.7 Å². The number of rotatable bonds is 7. The third-order valence-electron chi connectivity index (χ3n) is 3.05. The lowest BCUT2D eigenvalue weighted by Gasteiger charge is -2.21. The van der Waals surface area contributed by atoms with E-state index in [2.05, 4.69) is 15.9 Å². The maximum absolute atomic E-state index is 12.3. The van der Waals surface area contributed by atoms with Crippen molar-refractivity contribution in [1.29, 1.82) is 0 Å². The van der Waals surface area contributed by atoms with Crippen LogP contribution >= 0.6 is 27.3 Å². The monoisotopic (exact) mass is 383 g/mol. The van der Waals surface area contributed by atoms with Gasteiger partial charge in [-0.25, -0.2) is 4.79 Å². The molecule has 0 N–H and O–H groups in total. The summed E-state index contributed by atoms with van der Waals surface area (Å²) in [6.07, 6.45) is -0.332. The number of halogens is 1. The molecule has 0 spiro atoms. The number of benzene rings is 1. The molecule has 1 heterocycles. The third-order valence-corrected chi connectivity index (χ3v) is 4.97. The number of nitrogens with zero attached hydrogens (tertiary/aromatic N) is 1. The fourth-order valence-corrected chi connectivity index (χ4v) is 3.35. The Morgan fingerprint density at radius 1 is 1.27 bits per heavy atom. The number of hydrogen-bond donors (Lipinski definition) is 0. The van der Waals surface area contributed by atoms with Crippen LogP contribution in [0, 0.1) is 0 Å². The summed E-state index contributed by atoms with van der Waals surface area (Å²) in [5, 5.41) is 1.99. The van der Waals surface area contributed by atoms with E-state index in [9.17, 15) is 4.79 Å². The van der Waals surface area contributed by atoms with Crippen molar-refractivity contribution in [1.82, 2.24) is 4.90 Å². The average molecular weight is 384 g/mol. The molecule has 2 rings (SSSR count). The van der Waals surface area contributed by atoms with Crippen LogP contribution in [0.15, 0.2) is 46.3 Å². The van der Waals surface area contributed by atoms with Crippen LogP contribution < -0.4 is 0 Å². The van der Waals surface area contributed by atoms with Crippen molar-refractivity contribution in [2.24, 2.45) is 0 Å². The molecule has 1 amide bonds. The highest BCUT2D eigenvalue weighted by Gasteiger charge is 2.17. The molecule has 118 valence electrons. The normalized spacial score (nSPS) is 10.5. The molecule has 0 aliphatic rings. The zero-order chi connectivity index (χ0) is 15.8. The van der Waals surface area contributed by atoms with Gasteiger partial charge in [0.2, 0.25) is 0 Å². The van der Waals surface area contributed by atoms with Crippen molar-refractivity contribution in [3.63, 3.8) is 0 Å². The molecule has 0 radical (unpaired) electrons. The summed E-state index contributed by atoms with van der Waals surface area (Å²) < 4.78 is 11.5. The smallest absolute Gasteiger partial charge is 0.410 e. The Hall–Kier alpha value is -1.37. The van der Waals surface area contributed by atoms with E-state index in [1.54, 1.807) is 23.3 Å². The van der Waals surface area contributed by atoms with Crippen LogP contribution in [-0.4, -0.2) is 31.3 Å². The molecule has 0 aliphatic carbocycles. The Bertz CT molecular complexity index is 588. The van der Waals surface area contributed by atoms with Crippen LogP contribution in [0.3, 0.4) is 0 Å². The van der Waals surface area contributed by atoms with E-state index in [4.69, 9.17) is 9.47 Å². The predicted octanol–water partition coefficient (Wildman–Crippen LogP) is 4.30. The Morgan fingerprint density at radius 3 is 2.68 bits per heavy atom. The fraction of sp³-hybridized carbons (Fsp3) is 0.312. The highest BCUT2D eigenvalue weighted by molar-refractivity contribution is 9.10. The summed E-state index contributed by atoms with van der Waals surface area (Å²) in [5.41, 5.74) is 0.972. The van der Waals surface area contributed by atoms with Gasteiger partial charge in [-0.2, -0.15) is 0 Å². The van der Waals surface area contributed by atoms with Crippen LogP contribution in [0.25, 0.3) is 0 Å². The Labute approximate surface area is 142 Å². The van der Waals surface area contributed by atoms with E-state index >= 15 is 0 Å². The SMILES string of the molecule is COCCN(Cc1sccc1Br)C(=O)OCc1ccccc1. The quantitative estimate of drug-likeness (QED) is 0.715. The summed E-state index contributed by atoms with van der Waals surface area (Å²) in [4.78, 5) is 15.0.